The summed E-state index contributed by atoms with van der Waals surface area (Å²) < 4.78 is 44.8. The molecule has 1 aliphatic heterocycles. The van der Waals surface area contributed by atoms with Crippen molar-refractivity contribution in [2.24, 2.45) is 0 Å². The average molecular weight is 458 g/mol. The SMILES string of the molecule is COc1ccc(C)cc1N1C(=O)C(Nc2cccc(C(F)(F)F)c2)=C(c2cccs2)C1=O. The van der Waals surface area contributed by atoms with E-state index >= 15 is 0 Å². The van der Waals surface area contributed by atoms with Crippen LogP contribution in [-0.2, 0) is 15.8 Å². The highest BCUT2D eigenvalue weighted by Gasteiger charge is 2.42. The number of alkyl halides is 3. The Balaban J connectivity index is 1.82. The molecule has 0 saturated heterocycles. The van der Waals surface area contributed by atoms with E-state index in [0.717, 1.165) is 22.6 Å². The topological polar surface area (TPSA) is 58.6 Å². The van der Waals surface area contributed by atoms with Gasteiger partial charge >= 0.3 is 6.18 Å². The second kappa shape index (κ2) is 8.16. The molecule has 32 heavy (non-hydrogen) atoms. The number of nitrogens with zero attached hydrogens (tertiary/aromatic N) is 1. The fraction of sp³-hybridized carbons (Fsp3) is 0.130. The van der Waals surface area contributed by atoms with Crippen LogP contribution in [0.2, 0.25) is 0 Å². The van der Waals surface area contributed by atoms with E-state index in [-0.39, 0.29) is 22.6 Å². The number of rotatable bonds is 5. The van der Waals surface area contributed by atoms with Crippen molar-refractivity contribution in [1.82, 2.24) is 0 Å². The summed E-state index contributed by atoms with van der Waals surface area (Å²) in [6.45, 7) is 1.81. The lowest BCUT2D eigenvalue weighted by molar-refractivity contribution is -0.137. The molecule has 1 N–H and O–H groups in total. The molecule has 0 saturated carbocycles. The maximum atomic E-state index is 13.4. The van der Waals surface area contributed by atoms with Crippen LogP contribution < -0.4 is 15.0 Å². The van der Waals surface area contributed by atoms with Crippen molar-refractivity contribution >= 4 is 40.1 Å². The summed E-state index contributed by atoms with van der Waals surface area (Å²) in [6.07, 6.45) is -4.54. The number of benzene rings is 2. The van der Waals surface area contributed by atoms with Crippen molar-refractivity contribution in [3.05, 3.63) is 81.7 Å². The molecule has 2 heterocycles. The van der Waals surface area contributed by atoms with Crippen LogP contribution in [0.15, 0.2) is 65.7 Å². The van der Waals surface area contributed by atoms with Gasteiger partial charge in [-0.25, -0.2) is 4.90 Å². The van der Waals surface area contributed by atoms with Gasteiger partial charge in [-0.3, -0.25) is 9.59 Å². The summed E-state index contributed by atoms with van der Waals surface area (Å²) in [6, 6.07) is 12.9. The number of carbonyl (C=O) groups is 2. The van der Waals surface area contributed by atoms with Crippen molar-refractivity contribution in [1.29, 1.82) is 0 Å². The number of aryl methyl sites for hydroxylation is 1. The fourth-order valence-electron chi connectivity index (χ4n) is 3.41. The van der Waals surface area contributed by atoms with Crippen LogP contribution in [0.1, 0.15) is 16.0 Å². The monoisotopic (exact) mass is 458 g/mol. The van der Waals surface area contributed by atoms with Gasteiger partial charge in [0.25, 0.3) is 11.8 Å². The number of methoxy groups -OCH3 is 1. The Hall–Kier alpha value is -3.59. The largest absolute Gasteiger partial charge is 0.495 e. The molecule has 2 aromatic carbocycles. The minimum atomic E-state index is -4.54. The second-order valence-electron chi connectivity index (χ2n) is 7.05. The first-order chi connectivity index (χ1) is 15.2. The molecule has 0 spiro atoms. The first-order valence-corrected chi connectivity index (χ1v) is 10.3. The molecule has 0 bridgehead atoms. The van der Waals surface area contributed by atoms with Gasteiger partial charge in [-0.1, -0.05) is 18.2 Å². The van der Waals surface area contributed by atoms with Crippen LogP contribution in [0.25, 0.3) is 5.57 Å². The summed E-state index contributed by atoms with van der Waals surface area (Å²) in [5.41, 5.74) is 0.236. The summed E-state index contributed by atoms with van der Waals surface area (Å²) in [4.78, 5) is 28.3. The third-order valence-corrected chi connectivity index (χ3v) is 5.77. The molecule has 3 aromatic rings. The van der Waals surface area contributed by atoms with E-state index in [2.05, 4.69) is 5.32 Å². The zero-order valence-corrected chi connectivity index (χ0v) is 17.8. The summed E-state index contributed by atoms with van der Waals surface area (Å²) >= 11 is 1.25. The molecule has 5 nitrogen and oxygen atoms in total. The van der Waals surface area contributed by atoms with Crippen LogP contribution in [-0.4, -0.2) is 18.9 Å². The first kappa shape index (κ1) is 21.6. The number of halogens is 3. The van der Waals surface area contributed by atoms with Crippen molar-refractivity contribution in [3.8, 4) is 5.75 Å². The number of anilines is 2. The predicted molar refractivity (Wildman–Crippen MR) is 117 cm³/mol. The maximum absolute atomic E-state index is 13.4. The van der Waals surface area contributed by atoms with Crippen LogP contribution in [0.5, 0.6) is 5.75 Å². The zero-order chi connectivity index (χ0) is 23.0. The van der Waals surface area contributed by atoms with E-state index in [4.69, 9.17) is 4.74 Å². The summed E-state index contributed by atoms with van der Waals surface area (Å²) in [7, 11) is 1.43. The Morgan fingerprint density at radius 2 is 1.78 bits per heavy atom. The van der Waals surface area contributed by atoms with Gasteiger partial charge < -0.3 is 10.1 Å². The van der Waals surface area contributed by atoms with E-state index < -0.39 is 23.6 Å². The molecule has 1 aliphatic rings. The van der Waals surface area contributed by atoms with E-state index in [0.29, 0.717) is 10.6 Å². The number of ether oxygens (including phenoxy) is 1. The molecule has 0 unspecified atom stereocenters. The van der Waals surface area contributed by atoms with Gasteiger partial charge in [0.05, 0.1) is 23.9 Å². The molecular weight excluding hydrogens is 441 g/mol. The summed E-state index contributed by atoms with van der Waals surface area (Å²) in [5, 5.41) is 4.51. The molecule has 2 amide bonds. The van der Waals surface area contributed by atoms with E-state index in [1.165, 1.54) is 30.6 Å². The lowest BCUT2D eigenvalue weighted by atomic mass is 10.1. The second-order valence-corrected chi connectivity index (χ2v) is 8.00. The third kappa shape index (κ3) is 3.87. The van der Waals surface area contributed by atoms with Crippen molar-refractivity contribution in [3.63, 3.8) is 0 Å². The van der Waals surface area contributed by atoms with Gasteiger partial charge in [0.1, 0.15) is 11.4 Å². The molecular formula is C23H17F3N2O3S. The van der Waals surface area contributed by atoms with E-state index in [1.54, 1.807) is 35.7 Å². The number of nitrogens with one attached hydrogen (secondary N) is 1. The van der Waals surface area contributed by atoms with Gasteiger partial charge in [-0.2, -0.15) is 13.2 Å². The van der Waals surface area contributed by atoms with Gasteiger partial charge in [0.15, 0.2) is 0 Å². The van der Waals surface area contributed by atoms with Gasteiger partial charge in [0, 0.05) is 10.6 Å². The Bertz CT molecular complexity index is 1230. The lowest BCUT2D eigenvalue weighted by Crippen LogP contribution is -2.32. The van der Waals surface area contributed by atoms with Crippen molar-refractivity contribution in [2.45, 2.75) is 13.1 Å². The number of hydrogen-bond acceptors (Lipinski definition) is 5. The molecule has 1 aromatic heterocycles. The van der Waals surface area contributed by atoms with E-state index in [1.807, 2.05) is 6.92 Å². The van der Waals surface area contributed by atoms with Gasteiger partial charge in [0.2, 0.25) is 0 Å². The van der Waals surface area contributed by atoms with Crippen LogP contribution in [0, 0.1) is 6.92 Å². The molecule has 0 radical (unpaired) electrons. The number of amides is 2. The Labute approximate surface area is 185 Å². The van der Waals surface area contributed by atoms with Gasteiger partial charge in [-0.15, -0.1) is 11.3 Å². The number of thiophene rings is 1. The fourth-order valence-corrected chi connectivity index (χ4v) is 4.17. The van der Waals surface area contributed by atoms with Crippen molar-refractivity contribution in [2.75, 3.05) is 17.3 Å². The molecule has 0 fully saturated rings. The average Bonchev–Trinajstić information content (AvgIpc) is 3.34. The Morgan fingerprint density at radius 1 is 1.00 bits per heavy atom. The molecule has 0 aliphatic carbocycles. The molecule has 0 atom stereocenters. The minimum Gasteiger partial charge on any atom is -0.495 e. The molecule has 4 rings (SSSR count). The number of imide groups is 1. The maximum Gasteiger partial charge on any atom is 0.416 e. The third-order valence-electron chi connectivity index (χ3n) is 4.89. The summed E-state index contributed by atoms with van der Waals surface area (Å²) in [5.74, 6) is -0.946. The lowest BCUT2D eigenvalue weighted by Gasteiger charge is -2.19. The van der Waals surface area contributed by atoms with Crippen LogP contribution in [0.4, 0.5) is 24.5 Å². The minimum absolute atomic E-state index is 0.0445. The van der Waals surface area contributed by atoms with E-state index in [9.17, 15) is 22.8 Å². The molecule has 164 valence electrons. The number of hydrogen-bond donors (Lipinski definition) is 1. The normalized spacial score (nSPS) is 14.3. The van der Waals surface area contributed by atoms with Crippen LogP contribution >= 0.6 is 11.3 Å². The van der Waals surface area contributed by atoms with Gasteiger partial charge in [-0.05, 0) is 54.3 Å². The molecule has 9 heteroatoms. The zero-order valence-electron chi connectivity index (χ0n) is 17.0. The van der Waals surface area contributed by atoms with Crippen LogP contribution in [0.3, 0.4) is 0 Å². The number of carbonyl (C=O) groups excluding carboxylic acids is 2. The predicted octanol–water partition coefficient (Wildman–Crippen LogP) is 5.48. The highest BCUT2D eigenvalue weighted by atomic mass is 32.1. The van der Waals surface area contributed by atoms with Crippen molar-refractivity contribution < 1.29 is 27.5 Å². The highest BCUT2D eigenvalue weighted by molar-refractivity contribution is 7.11. The smallest absolute Gasteiger partial charge is 0.416 e. The standard InChI is InChI=1S/C23H17F3N2O3S/c1-13-8-9-17(31-2)16(11-13)28-21(29)19(18-7-4-10-32-18)20(22(28)30)27-15-6-3-5-14(12-15)23(24,25)26/h3-12,27H,1-2H3. The first-order valence-electron chi connectivity index (χ1n) is 9.46. The Morgan fingerprint density at radius 3 is 2.44 bits per heavy atom. The highest BCUT2D eigenvalue weighted by Crippen LogP contribution is 2.40. The quantitative estimate of drug-likeness (QED) is 0.515. The Kier molecular flexibility index (Phi) is 5.52.